The lowest BCUT2D eigenvalue weighted by Gasteiger charge is -2.16. The lowest BCUT2D eigenvalue weighted by atomic mass is 10.0. The van der Waals surface area contributed by atoms with E-state index in [1.165, 1.54) is 12.3 Å². The molecule has 2 aromatic rings. The molecule has 3 N–H and O–H groups in total. The van der Waals surface area contributed by atoms with E-state index in [-0.39, 0.29) is 33.4 Å². The van der Waals surface area contributed by atoms with Gasteiger partial charge in [-0.25, -0.2) is 9.78 Å². The number of urea groups is 1. The van der Waals surface area contributed by atoms with Gasteiger partial charge in [0.15, 0.2) is 0 Å². The zero-order valence-corrected chi connectivity index (χ0v) is 16.1. The van der Waals surface area contributed by atoms with E-state index in [4.69, 9.17) is 34.8 Å². The SMILES string of the molecule is CC(C)c1nccc(CO)c1NC(=O)NC(=O)c1cc(Cl)c(Cl)nc1Cl. The standard InChI is InChI=1S/C16H15Cl3N4O3/c1-7(2)11-12(8(6-24)3-4-20-11)21-16(26)23-15(25)9-5-10(17)14(19)22-13(9)18/h3-5,7,24H,6H2,1-2H3,(H2,21,23,25,26). The smallest absolute Gasteiger partial charge is 0.326 e. The second kappa shape index (κ2) is 8.64. The fourth-order valence-electron chi connectivity index (χ4n) is 2.15. The number of aliphatic hydroxyl groups is 1. The fraction of sp³-hybridized carbons (Fsp3) is 0.250. The molecule has 3 amide bonds. The van der Waals surface area contributed by atoms with Crippen LogP contribution in [0.5, 0.6) is 0 Å². The quantitative estimate of drug-likeness (QED) is 0.652. The van der Waals surface area contributed by atoms with Gasteiger partial charge in [0, 0.05) is 11.8 Å². The summed E-state index contributed by atoms with van der Waals surface area (Å²) in [6.07, 6.45) is 1.54. The number of rotatable bonds is 4. The van der Waals surface area contributed by atoms with E-state index in [1.54, 1.807) is 6.07 Å². The second-order valence-electron chi connectivity index (χ2n) is 5.55. The predicted molar refractivity (Wildman–Crippen MR) is 100 cm³/mol. The van der Waals surface area contributed by atoms with Crippen LogP contribution in [0.25, 0.3) is 0 Å². The molecular formula is C16H15Cl3N4O3. The average Bonchev–Trinajstić information content (AvgIpc) is 2.57. The molecule has 2 aromatic heterocycles. The Morgan fingerprint density at radius 1 is 1.23 bits per heavy atom. The molecule has 138 valence electrons. The molecule has 7 nitrogen and oxygen atoms in total. The molecule has 0 aromatic carbocycles. The molecule has 2 rings (SSSR count). The lowest BCUT2D eigenvalue weighted by Crippen LogP contribution is -2.35. The van der Waals surface area contributed by atoms with Crippen LogP contribution in [0.1, 0.15) is 41.4 Å². The first-order valence-corrected chi connectivity index (χ1v) is 8.60. The van der Waals surface area contributed by atoms with Crippen LogP contribution >= 0.6 is 34.8 Å². The number of carbonyl (C=O) groups is 2. The maximum atomic E-state index is 12.2. The Kier molecular flexibility index (Phi) is 6.77. The van der Waals surface area contributed by atoms with Crippen LogP contribution in [0, 0.1) is 0 Å². The summed E-state index contributed by atoms with van der Waals surface area (Å²) in [6, 6.07) is 1.97. The molecule has 10 heteroatoms. The van der Waals surface area contributed by atoms with E-state index in [0.29, 0.717) is 16.9 Å². The van der Waals surface area contributed by atoms with Crippen LogP contribution in [0.3, 0.4) is 0 Å². The van der Waals surface area contributed by atoms with E-state index in [2.05, 4.69) is 20.6 Å². The van der Waals surface area contributed by atoms with Gasteiger partial charge in [0.2, 0.25) is 0 Å². The zero-order chi connectivity index (χ0) is 19.4. The molecule has 0 saturated heterocycles. The predicted octanol–water partition coefficient (Wildman–Crippen LogP) is 4.01. The number of hydrogen-bond acceptors (Lipinski definition) is 5. The highest BCUT2D eigenvalue weighted by atomic mass is 35.5. The lowest BCUT2D eigenvalue weighted by molar-refractivity contribution is 0.0967. The maximum Gasteiger partial charge on any atom is 0.326 e. The van der Waals surface area contributed by atoms with Crippen molar-refractivity contribution in [3.05, 3.63) is 50.5 Å². The van der Waals surface area contributed by atoms with Crippen LogP contribution in [0.15, 0.2) is 18.3 Å². The minimum atomic E-state index is -0.818. The minimum absolute atomic E-state index is 0.0128. The summed E-state index contributed by atoms with van der Waals surface area (Å²) in [4.78, 5) is 32.4. The molecular weight excluding hydrogens is 403 g/mol. The van der Waals surface area contributed by atoms with Gasteiger partial charge in [0.1, 0.15) is 10.3 Å². The molecule has 0 fully saturated rings. The highest BCUT2D eigenvalue weighted by Crippen LogP contribution is 2.27. The van der Waals surface area contributed by atoms with Gasteiger partial charge < -0.3 is 10.4 Å². The topological polar surface area (TPSA) is 104 Å². The largest absolute Gasteiger partial charge is 0.392 e. The molecule has 0 bridgehead atoms. The summed E-state index contributed by atoms with van der Waals surface area (Å²) in [5, 5.41) is 13.9. The van der Waals surface area contributed by atoms with E-state index in [0.717, 1.165) is 0 Å². The second-order valence-corrected chi connectivity index (χ2v) is 6.67. The third-order valence-corrected chi connectivity index (χ3v) is 4.34. The molecule has 0 aliphatic rings. The molecule has 26 heavy (non-hydrogen) atoms. The fourth-order valence-corrected chi connectivity index (χ4v) is 2.71. The van der Waals surface area contributed by atoms with Crippen molar-refractivity contribution >= 4 is 52.4 Å². The highest BCUT2D eigenvalue weighted by molar-refractivity contribution is 6.42. The van der Waals surface area contributed by atoms with Crippen LogP contribution in [-0.2, 0) is 6.61 Å². The third-order valence-electron chi connectivity index (χ3n) is 3.38. The van der Waals surface area contributed by atoms with Crippen molar-refractivity contribution in [2.75, 3.05) is 5.32 Å². The van der Waals surface area contributed by atoms with Gasteiger partial charge >= 0.3 is 6.03 Å². The first kappa shape index (κ1) is 20.4. The van der Waals surface area contributed by atoms with E-state index < -0.39 is 11.9 Å². The molecule has 0 aliphatic carbocycles. The number of hydrogen-bond donors (Lipinski definition) is 3. The van der Waals surface area contributed by atoms with Crippen LogP contribution in [0.2, 0.25) is 15.3 Å². The van der Waals surface area contributed by atoms with Crippen molar-refractivity contribution in [3.8, 4) is 0 Å². The number of pyridine rings is 2. The Balaban J connectivity index is 2.22. The van der Waals surface area contributed by atoms with Gasteiger partial charge in [-0.3, -0.25) is 15.1 Å². The van der Waals surface area contributed by atoms with E-state index in [1.807, 2.05) is 13.8 Å². The monoisotopic (exact) mass is 416 g/mol. The van der Waals surface area contributed by atoms with Crippen molar-refractivity contribution in [2.45, 2.75) is 26.4 Å². The number of carbonyl (C=O) groups excluding carboxylic acids is 2. The Morgan fingerprint density at radius 2 is 1.92 bits per heavy atom. The Bertz CT molecular complexity index is 859. The van der Waals surface area contributed by atoms with Crippen molar-refractivity contribution < 1.29 is 14.7 Å². The van der Waals surface area contributed by atoms with Gasteiger partial charge in [-0.2, -0.15) is 0 Å². The normalized spacial score (nSPS) is 10.7. The minimum Gasteiger partial charge on any atom is -0.392 e. The number of imide groups is 1. The molecule has 0 unspecified atom stereocenters. The number of nitrogens with zero attached hydrogens (tertiary/aromatic N) is 2. The summed E-state index contributed by atoms with van der Waals surface area (Å²) in [5.41, 5.74) is 1.29. The van der Waals surface area contributed by atoms with Crippen LogP contribution in [-0.4, -0.2) is 27.0 Å². The highest BCUT2D eigenvalue weighted by Gasteiger charge is 2.19. The first-order valence-electron chi connectivity index (χ1n) is 7.47. The first-order chi connectivity index (χ1) is 12.2. The third kappa shape index (κ3) is 4.62. The molecule has 2 heterocycles. The van der Waals surface area contributed by atoms with Gasteiger partial charge in [-0.15, -0.1) is 0 Å². The number of halogens is 3. The van der Waals surface area contributed by atoms with E-state index >= 15 is 0 Å². The molecule has 0 saturated carbocycles. The molecule has 0 aliphatic heterocycles. The number of aliphatic hydroxyl groups excluding tert-OH is 1. The summed E-state index contributed by atoms with van der Waals surface area (Å²) in [7, 11) is 0. The number of nitrogens with one attached hydrogen (secondary N) is 2. The van der Waals surface area contributed by atoms with Crippen LogP contribution in [0.4, 0.5) is 10.5 Å². The van der Waals surface area contributed by atoms with Gasteiger partial charge in [-0.05, 0) is 18.1 Å². The molecule has 0 radical (unpaired) electrons. The zero-order valence-electron chi connectivity index (χ0n) is 13.8. The van der Waals surface area contributed by atoms with Gasteiger partial charge in [-0.1, -0.05) is 48.7 Å². The summed E-state index contributed by atoms with van der Waals surface area (Å²) in [5.74, 6) is -0.819. The summed E-state index contributed by atoms with van der Waals surface area (Å²) in [6.45, 7) is 3.48. The van der Waals surface area contributed by atoms with Crippen molar-refractivity contribution in [1.29, 1.82) is 0 Å². The maximum absolute atomic E-state index is 12.2. The Labute approximate surface area is 164 Å². The Morgan fingerprint density at radius 3 is 2.54 bits per heavy atom. The number of aromatic nitrogens is 2. The van der Waals surface area contributed by atoms with Crippen molar-refractivity contribution in [2.24, 2.45) is 0 Å². The molecule has 0 spiro atoms. The number of anilines is 1. The summed E-state index contributed by atoms with van der Waals surface area (Å²) >= 11 is 17.4. The Hall–Kier alpha value is -1.93. The van der Waals surface area contributed by atoms with Crippen molar-refractivity contribution in [3.63, 3.8) is 0 Å². The van der Waals surface area contributed by atoms with Gasteiger partial charge in [0.25, 0.3) is 5.91 Å². The average molecular weight is 418 g/mol. The molecule has 0 atom stereocenters. The number of amides is 3. The van der Waals surface area contributed by atoms with E-state index in [9.17, 15) is 14.7 Å². The van der Waals surface area contributed by atoms with Crippen molar-refractivity contribution in [1.82, 2.24) is 15.3 Å². The van der Waals surface area contributed by atoms with Gasteiger partial charge in [0.05, 0.1) is 28.6 Å². The van der Waals surface area contributed by atoms with Crippen LogP contribution < -0.4 is 10.6 Å². The summed E-state index contributed by atoms with van der Waals surface area (Å²) < 4.78 is 0.